The molecule has 2 aromatic rings. The monoisotopic (exact) mass is 339 g/mol. The summed E-state index contributed by atoms with van der Waals surface area (Å²) in [7, 11) is 0. The quantitative estimate of drug-likeness (QED) is 0.880. The molecule has 1 aliphatic carbocycles. The Morgan fingerprint density at radius 3 is 2.83 bits per heavy atom. The van der Waals surface area contributed by atoms with Gasteiger partial charge in [-0.05, 0) is 43.0 Å². The highest BCUT2D eigenvalue weighted by atomic mass is 19.4. The zero-order chi connectivity index (χ0) is 17.2. The zero-order valence-electron chi connectivity index (χ0n) is 12.7. The number of alkyl halides is 3. The molecule has 1 aliphatic rings. The molecule has 0 bridgehead atoms. The average Bonchev–Trinajstić information content (AvgIpc) is 3.26. The van der Waals surface area contributed by atoms with Gasteiger partial charge in [0.25, 0.3) is 5.91 Å². The highest BCUT2D eigenvalue weighted by Gasteiger charge is 2.30. The Bertz CT molecular complexity index is 723. The van der Waals surface area contributed by atoms with Crippen molar-refractivity contribution in [1.29, 1.82) is 0 Å². The van der Waals surface area contributed by atoms with Crippen LogP contribution in [0.15, 0.2) is 36.5 Å². The van der Waals surface area contributed by atoms with Crippen LogP contribution < -0.4 is 10.1 Å². The highest BCUT2D eigenvalue weighted by Crippen LogP contribution is 2.31. The number of nitrogens with one attached hydrogen (secondary N) is 1. The Morgan fingerprint density at radius 2 is 2.12 bits per heavy atom. The molecule has 0 spiro atoms. The number of amides is 1. The largest absolute Gasteiger partial charge is 0.471 e. The first-order valence-corrected chi connectivity index (χ1v) is 7.53. The summed E-state index contributed by atoms with van der Waals surface area (Å²) in [5, 5.41) is 6.84. The summed E-state index contributed by atoms with van der Waals surface area (Å²) >= 11 is 0. The second-order valence-corrected chi connectivity index (χ2v) is 5.69. The number of benzene rings is 1. The number of rotatable bonds is 6. The molecule has 0 saturated heterocycles. The summed E-state index contributed by atoms with van der Waals surface area (Å²) in [4.78, 5) is 11.9. The second kappa shape index (κ2) is 6.54. The Hall–Kier alpha value is -2.51. The van der Waals surface area contributed by atoms with E-state index in [1.165, 1.54) is 22.9 Å². The predicted octanol–water partition coefficient (Wildman–Crippen LogP) is 3.08. The van der Waals surface area contributed by atoms with Crippen LogP contribution in [0.25, 0.3) is 0 Å². The van der Waals surface area contributed by atoms with Gasteiger partial charge in [-0.2, -0.15) is 18.3 Å². The summed E-state index contributed by atoms with van der Waals surface area (Å²) in [5.41, 5.74) is -0.524. The molecule has 5 nitrogen and oxygen atoms in total. The van der Waals surface area contributed by atoms with Crippen molar-refractivity contribution >= 4 is 5.91 Å². The van der Waals surface area contributed by atoms with E-state index in [9.17, 15) is 18.0 Å². The summed E-state index contributed by atoms with van der Waals surface area (Å²) in [6, 6.07) is 6.15. The molecule has 0 atom stereocenters. The number of nitrogens with zero attached hydrogens (tertiary/aromatic N) is 2. The van der Waals surface area contributed by atoms with Crippen LogP contribution in [0.5, 0.6) is 5.75 Å². The Labute approximate surface area is 136 Å². The highest BCUT2D eigenvalue weighted by molar-refractivity contribution is 5.92. The van der Waals surface area contributed by atoms with Crippen LogP contribution in [0.2, 0.25) is 0 Å². The lowest BCUT2D eigenvalue weighted by atomic mass is 10.2. The fraction of sp³-hybridized carbons (Fsp3) is 0.375. The van der Waals surface area contributed by atoms with E-state index in [0.717, 1.165) is 25.0 Å². The van der Waals surface area contributed by atoms with Crippen LogP contribution in [-0.4, -0.2) is 22.2 Å². The maximum absolute atomic E-state index is 12.6. The molecule has 1 heterocycles. The molecule has 1 N–H and O–H groups in total. The number of hydrogen-bond donors (Lipinski definition) is 1. The van der Waals surface area contributed by atoms with Crippen molar-refractivity contribution in [3.8, 4) is 5.75 Å². The third-order valence-corrected chi connectivity index (χ3v) is 3.65. The van der Waals surface area contributed by atoms with Crippen LogP contribution in [0, 0.1) is 5.92 Å². The number of halogens is 3. The molecule has 3 rings (SSSR count). The lowest BCUT2D eigenvalue weighted by Crippen LogP contribution is -2.26. The van der Waals surface area contributed by atoms with Crippen molar-refractivity contribution < 1.29 is 22.7 Å². The van der Waals surface area contributed by atoms with Gasteiger partial charge in [0.1, 0.15) is 11.4 Å². The van der Waals surface area contributed by atoms with Crippen molar-refractivity contribution in [3.63, 3.8) is 0 Å². The van der Waals surface area contributed by atoms with Gasteiger partial charge < -0.3 is 10.1 Å². The maximum atomic E-state index is 12.6. The van der Waals surface area contributed by atoms with Gasteiger partial charge in [-0.1, -0.05) is 6.07 Å². The summed E-state index contributed by atoms with van der Waals surface area (Å²) in [6.07, 6.45) is -0.601. The third kappa shape index (κ3) is 4.27. The van der Waals surface area contributed by atoms with E-state index >= 15 is 0 Å². The maximum Gasteiger partial charge on any atom is 0.416 e. The third-order valence-electron chi connectivity index (χ3n) is 3.65. The van der Waals surface area contributed by atoms with Crippen molar-refractivity contribution in [2.75, 3.05) is 6.54 Å². The topological polar surface area (TPSA) is 56.2 Å². The van der Waals surface area contributed by atoms with Gasteiger partial charge >= 0.3 is 6.18 Å². The Morgan fingerprint density at radius 1 is 1.33 bits per heavy atom. The molecule has 1 aromatic carbocycles. The van der Waals surface area contributed by atoms with E-state index < -0.39 is 11.7 Å². The first-order valence-electron chi connectivity index (χ1n) is 7.53. The molecule has 0 aliphatic heterocycles. The van der Waals surface area contributed by atoms with Gasteiger partial charge in [-0.3, -0.25) is 4.79 Å². The Balaban J connectivity index is 1.56. The molecular formula is C16H16F3N3O2. The van der Waals surface area contributed by atoms with Gasteiger partial charge in [0, 0.05) is 12.7 Å². The van der Waals surface area contributed by atoms with Gasteiger partial charge in [-0.15, -0.1) is 0 Å². The molecule has 1 amide bonds. The molecule has 0 radical (unpaired) electrons. The minimum absolute atomic E-state index is 0.0834. The van der Waals surface area contributed by atoms with Crippen LogP contribution in [0.1, 0.15) is 28.9 Å². The van der Waals surface area contributed by atoms with Crippen LogP contribution in [0.3, 0.4) is 0 Å². The van der Waals surface area contributed by atoms with Crippen molar-refractivity contribution in [1.82, 2.24) is 15.1 Å². The second-order valence-electron chi connectivity index (χ2n) is 5.69. The van der Waals surface area contributed by atoms with E-state index in [1.807, 2.05) is 0 Å². The predicted molar refractivity (Wildman–Crippen MR) is 79.4 cm³/mol. The average molecular weight is 339 g/mol. The molecule has 1 aromatic heterocycles. The summed E-state index contributed by atoms with van der Waals surface area (Å²) < 4.78 is 44.6. The Kier molecular flexibility index (Phi) is 4.46. The lowest BCUT2D eigenvalue weighted by molar-refractivity contribution is -0.137. The van der Waals surface area contributed by atoms with Crippen LogP contribution in [0.4, 0.5) is 13.2 Å². The fourth-order valence-corrected chi connectivity index (χ4v) is 2.11. The molecule has 0 unspecified atom stereocenters. The van der Waals surface area contributed by atoms with Crippen molar-refractivity contribution in [2.45, 2.75) is 25.7 Å². The van der Waals surface area contributed by atoms with Gasteiger partial charge in [0.2, 0.25) is 0 Å². The SMILES string of the molecule is O=C(NCC1CC1)c1ccn(COc2cccc(C(F)(F)F)c2)n1. The zero-order valence-corrected chi connectivity index (χ0v) is 12.7. The number of ether oxygens (including phenoxy) is 1. The minimum Gasteiger partial charge on any atom is -0.471 e. The van der Waals surface area contributed by atoms with E-state index in [1.54, 1.807) is 6.20 Å². The van der Waals surface area contributed by atoms with Crippen molar-refractivity contribution in [2.24, 2.45) is 5.92 Å². The van der Waals surface area contributed by atoms with E-state index in [4.69, 9.17) is 4.74 Å². The number of carbonyl (C=O) groups excluding carboxylic acids is 1. The van der Waals surface area contributed by atoms with Crippen LogP contribution >= 0.6 is 0 Å². The lowest BCUT2D eigenvalue weighted by Gasteiger charge is -2.10. The van der Waals surface area contributed by atoms with E-state index in [-0.39, 0.29) is 24.1 Å². The minimum atomic E-state index is -4.42. The van der Waals surface area contributed by atoms with Gasteiger partial charge in [-0.25, -0.2) is 4.68 Å². The normalized spacial score (nSPS) is 14.5. The van der Waals surface area contributed by atoms with Crippen LogP contribution in [-0.2, 0) is 12.9 Å². The first kappa shape index (κ1) is 16.4. The molecule has 1 saturated carbocycles. The van der Waals surface area contributed by atoms with E-state index in [2.05, 4.69) is 10.4 Å². The molecular weight excluding hydrogens is 323 g/mol. The smallest absolute Gasteiger partial charge is 0.416 e. The van der Waals surface area contributed by atoms with Gasteiger partial charge in [0.05, 0.1) is 5.56 Å². The number of carbonyl (C=O) groups is 1. The number of hydrogen-bond acceptors (Lipinski definition) is 3. The molecule has 24 heavy (non-hydrogen) atoms. The first-order chi connectivity index (χ1) is 11.4. The van der Waals surface area contributed by atoms with E-state index in [0.29, 0.717) is 12.5 Å². The summed E-state index contributed by atoms with van der Waals surface area (Å²) in [6.45, 7) is 0.559. The molecule has 1 fully saturated rings. The summed E-state index contributed by atoms with van der Waals surface area (Å²) in [5.74, 6) is 0.389. The van der Waals surface area contributed by atoms with Crippen molar-refractivity contribution in [3.05, 3.63) is 47.8 Å². The fourth-order valence-electron chi connectivity index (χ4n) is 2.11. The standard InChI is InChI=1S/C16H16F3N3O2/c17-16(18,19)12-2-1-3-13(8-12)24-10-22-7-6-14(21-22)15(23)20-9-11-4-5-11/h1-3,6-8,11H,4-5,9-10H2,(H,20,23). The molecule has 128 valence electrons. The molecule has 8 heteroatoms. The van der Waals surface area contributed by atoms with Gasteiger partial charge in [0.15, 0.2) is 6.73 Å². The number of aromatic nitrogens is 2.